The molecule has 1 fully saturated rings. The maximum Gasteiger partial charge on any atom is 0.284 e. The Morgan fingerprint density at radius 1 is 1.50 bits per heavy atom. The van der Waals surface area contributed by atoms with Crippen LogP contribution in [0.4, 0.5) is 0 Å². The Balaban J connectivity index is 2.07. The number of amides is 1. The Labute approximate surface area is 87.2 Å². The first kappa shape index (κ1) is 9.55. The molecular weight excluding hydrogens is 202 g/mol. The Morgan fingerprint density at radius 3 is 2.93 bits per heavy atom. The molecule has 0 saturated carbocycles. The summed E-state index contributed by atoms with van der Waals surface area (Å²) in [6.07, 6.45) is 3.78. The molecule has 4 nitrogen and oxygen atoms in total. The molecule has 2 heterocycles. The van der Waals surface area contributed by atoms with Gasteiger partial charge >= 0.3 is 0 Å². The number of nitrogens with zero attached hydrogens (tertiary/aromatic N) is 1. The molecule has 76 valence electrons. The second-order valence-electron chi connectivity index (χ2n) is 3.30. The summed E-state index contributed by atoms with van der Waals surface area (Å²) in [5.41, 5.74) is 3.58. The van der Waals surface area contributed by atoms with Crippen molar-refractivity contribution in [1.82, 2.24) is 15.4 Å². The summed E-state index contributed by atoms with van der Waals surface area (Å²) in [6, 6.07) is 1.64. The van der Waals surface area contributed by atoms with E-state index >= 15 is 0 Å². The van der Waals surface area contributed by atoms with E-state index in [4.69, 9.17) is 11.6 Å². The van der Waals surface area contributed by atoms with Crippen LogP contribution >= 0.6 is 11.6 Å². The number of aromatic amines is 1. The van der Waals surface area contributed by atoms with Crippen molar-refractivity contribution in [3.05, 3.63) is 23.0 Å². The fourth-order valence-corrected chi connectivity index (χ4v) is 1.66. The summed E-state index contributed by atoms with van der Waals surface area (Å²) < 4.78 is 0. The molecule has 5 heteroatoms. The normalized spacial score (nSPS) is 17.1. The van der Waals surface area contributed by atoms with Gasteiger partial charge in [-0.2, -0.15) is 0 Å². The van der Waals surface area contributed by atoms with Crippen LogP contribution < -0.4 is 5.43 Å². The monoisotopic (exact) mass is 213 g/mol. The number of hydrogen-bond donors (Lipinski definition) is 2. The van der Waals surface area contributed by atoms with Crippen LogP contribution in [-0.2, 0) is 0 Å². The number of rotatable bonds is 1. The number of hydrogen-bond acceptors (Lipinski definition) is 2. The van der Waals surface area contributed by atoms with Crippen LogP contribution in [0.15, 0.2) is 12.3 Å². The first-order chi connectivity index (χ1) is 6.77. The van der Waals surface area contributed by atoms with Gasteiger partial charge in [0, 0.05) is 19.3 Å². The molecule has 0 radical (unpaired) electrons. The van der Waals surface area contributed by atoms with Crippen LogP contribution in [0.1, 0.15) is 23.3 Å². The fraction of sp³-hybridized carbons (Fsp3) is 0.444. The van der Waals surface area contributed by atoms with Crippen molar-refractivity contribution in [3.63, 3.8) is 0 Å². The van der Waals surface area contributed by atoms with Gasteiger partial charge in [-0.15, -0.1) is 0 Å². The number of carbonyl (C=O) groups is 1. The lowest BCUT2D eigenvalue weighted by Gasteiger charge is -2.27. The molecule has 2 N–H and O–H groups in total. The number of aromatic nitrogens is 1. The van der Waals surface area contributed by atoms with E-state index < -0.39 is 0 Å². The minimum Gasteiger partial charge on any atom is -0.356 e. The Hall–Kier alpha value is -1.00. The van der Waals surface area contributed by atoms with Crippen LogP contribution in [-0.4, -0.2) is 29.0 Å². The highest BCUT2D eigenvalue weighted by molar-refractivity contribution is 6.30. The Morgan fingerprint density at radius 2 is 2.36 bits per heavy atom. The molecule has 2 rings (SSSR count). The molecule has 0 unspecified atom stereocenters. The quantitative estimate of drug-likeness (QED) is 0.741. The van der Waals surface area contributed by atoms with Gasteiger partial charge in [-0.05, 0) is 18.9 Å². The van der Waals surface area contributed by atoms with Crippen LogP contribution in [0.5, 0.6) is 0 Å². The van der Waals surface area contributed by atoms with Gasteiger partial charge in [-0.1, -0.05) is 11.6 Å². The van der Waals surface area contributed by atoms with Crippen molar-refractivity contribution in [2.45, 2.75) is 12.8 Å². The topological polar surface area (TPSA) is 48.1 Å². The summed E-state index contributed by atoms with van der Waals surface area (Å²) in [6.45, 7) is 1.62. The van der Waals surface area contributed by atoms with E-state index in [0.29, 0.717) is 10.7 Å². The Kier molecular flexibility index (Phi) is 2.74. The minimum atomic E-state index is -0.0448. The minimum absolute atomic E-state index is 0.0448. The number of H-pyrrole nitrogens is 1. The second-order valence-corrected chi connectivity index (χ2v) is 3.74. The predicted molar refractivity (Wildman–Crippen MR) is 54.1 cm³/mol. The highest BCUT2D eigenvalue weighted by Crippen LogP contribution is 2.12. The van der Waals surface area contributed by atoms with Crippen molar-refractivity contribution in [3.8, 4) is 0 Å². The standard InChI is InChI=1S/C9H12ClN3O/c10-7-5-8(11-6-7)9(14)13-4-2-1-3-12-13/h5-6,11-12H,1-4H2. The molecule has 0 spiro atoms. The van der Waals surface area contributed by atoms with E-state index in [1.54, 1.807) is 17.3 Å². The van der Waals surface area contributed by atoms with Crippen LogP contribution in [0.2, 0.25) is 5.02 Å². The van der Waals surface area contributed by atoms with Crippen LogP contribution in [0.3, 0.4) is 0 Å². The van der Waals surface area contributed by atoms with E-state index in [-0.39, 0.29) is 5.91 Å². The summed E-state index contributed by atoms with van der Waals surface area (Å²) in [5.74, 6) is -0.0448. The first-order valence-electron chi connectivity index (χ1n) is 4.66. The number of carbonyl (C=O) groups excluding carboxylic acids is 1. The van der Waals surface area contributed by atoms with Crippen molar-refractivity contribution in [2.24, 2.45) is 0 Å². The third-order valence-corrected chi connectivity index (χ3v) is 2.45. The highest BCUT2D eigenvalue weighted by atomic mass is 35.5. The summed E-state index contributed by atoms with van der Waals surface area (Å²) >= 11 is 5.72. The number of halogens is 1. The first-order valence-corrected chi connectivity index (χ1v) is 5.04. The molecule has 1 saturated heterocycles. The molecule has 1 amide bonds. The molecule has 0 aliphatic carbocycles. The van der Waals surface area contributed by atoms with Gasteiger partial charge in [0.1, 0.15) is 5.69 Å². The summed E-state index contributed by atoms with van der Waals surface area (Å²) in [4.78, 5) is 14.6. The number of nitrogens with one attached hydrogen (secondary N) is 2. The van der Waals surface area contributed by atoms with E-state index in [9.17, 15) is 4.79 Å². The molecule has 1 aliphatic rings. The fourth-order valence-electron chi connectivity index (χ4n) is 1.50. The van der Waals surface area contributed by atoms with E-state index in [1.807, 2.05) is 0 Å². The van der Waals surface area contributed by atoms with Gasteiger partial charge in [0.05, 0.1) is 5.02 Å². The molecule has 1 aromatic rings. The van der Waals surface area contributed by atoms with Gasteiger partial charge < -0.3 is 4.98 Å². The zero-order chi connectivity index (χ0) is 9.97. The molecular formula is C9H12ClN3O. The van der Waals surface area contributed by atoms with Gasteiger partial charge in [0.15, 0.2) is 0 Å². The molecule has 0 atom stereocenters. The Bertz CT molecular complexity index is 331. The van der Waals surface area contributed by atoms with Crippen LogP contribution in [0, 0.1) is 0 Å². The van der Waals surface area contributed by atoms with E-state index in [1.165, 1.54) is 0 Å². The molecule has 0 aromatic carbocycles. The van der Waals surface area contributed by atoms with Gasteiger partial charge in [0.2, 0.25) is 0 Å². The lowest BCUT2D eigenvalue weighted by atomic mass is 10.2. The average molecular weight is 214 g/mol. The summed E-state index contributed by atoms with van der Waals surface area (Å²) in [5, 5.41) is 2.19. The third kappa shape index (κ3) is 1.91. The average Bonchev–Trinajstić information content (AvgIpc) is 2.65. The summed E-state index contributed by atoms with van der Waals surface area (Å²) in [7, 11) is 0. The second kappa shape index (κ2) is 4.02. The molecule has 0 bridgehead atoms. The zero-order valence-electron chi connectivity index (χ0n) is 7.72. The largest absolute Gasteiger partial charge is 0.356 e. The van der Waals surface area contributed by atoms with Gasteiger partial charge in [-0.3, -0.25) is 9.80 Å². The van der Waals surface area contributed by atoms with E-state index in [0.717, 1.165) is 25.9 Å². The maximum absolute atomic E-state index is 11.8. The zero-order valence-corrected chi connectivity index (χ0v) is 8.47. The predicted octanol–water partition coefficient (Wildman–Crippen LogP) is 1.41. The maximum atomic E-state index is 11.8. The van der Waals surface area contributed by atoms with Crippen molar-refractivity contribution >= 4 is 17.5 Å². The van der Waals surface area contributed by atoms with Crippen molar-refractivity contribution < 1.29 is 4.79 Å². The smallest absolute Gasteiger partial charge is 0.284 e. The SMILES string of the molecule is O=C(c1cc(Cl)c[nH]1)N1CCCCN1. The number of hydrazine groups is 1. The third-order valence-electron chi connectivity index (χ3n) is 2.23. The van der Waals surface area contributed by atoms with Gasteiger partial charge in [-0.25, -0.2) is 5.43 Å². The molecule has 1 aromatic heterocycles. The van der Waals surface area contributed by atoms with Gasteiger partial charge in [0.25, 0.3) is 5.91 Å². The lowest BCUT2D eigenvalue weighted by Crippen LogP contribution is -2.47. The van der Waals surface area contributed by atoms with Crippen molar-refractivity contribution in [1.29, 1.82) is 0 Å². The molecule has 14 heavy (non-hydrogen) atoms. The van der Waals surface area contributed by atoms with Crippen molar-refractivity contribution in [2.75, 3.05) is 13.1 Å². The lowest BCUT2D eigenvalue weighted by molar-refractivity contribution is 0.0605. The molecule has 1 aliphatic heterocycles. The van der Waals surface area contributed by atoms with E-state index in [2.05, 4.69) is 10.4 Å². The van der Waals surface area contributed by atoms with Crippen LogP contribution in [0.25, 0.3) is 0 Å². The highest BCUT2D eigenvalue weighted by Gasteiger charge is 2.18.